The SMILES string of the molecule is COC(=O)CC[C@H](c1cccc(Cl)c1)[C@@]1(NCC2CC2)C(=O)NC2=CC(Cl)=CCC21. The molecule has 3 atom stereocenters. The van der Waals surface area contributed by atoms with E-state index in [1.807, 2.05) is 36.4 Å². The first-order chi connectivity index (χ1) is 14.4. The summed E-state index contributed by atoms with van der Waals surface area (Å²) in [6, 6.07) is 7.58. The first kappa shape index (κ1) is 21.4. The van der Waals surface area contributed by atoms with Gasteiger partial charge in [-0.2, -0.15) is 0 Å². The fraction of sp³-hybridized carbons (Fsp3) is 0.478. The number of nitrogens with one attached hydrogen (secondary N) is 2. The monoisotopic (exact) mass is 448 g/mol. The Morgan fingerprint density at radius 2 is 2.17 bits per heavy atom. The van der Waals surface area contributed by atoms with Crippen LogP contribution in [0.1, 0.15) is 43.6 Å². The minimum absolute atomic E-state index is 0.0750. The van der Waals surface area contributed by atoms with Gasteiger partial charge in [0.15, 0.2) is 0 Å². The Morgan fingerprint density at radius 1 is 1.37 bits per heavy atom. The predicted octanol–water partition coefficient (Wildman–Crippen LogP) is 4.27. The van der Waals surface area contributed by atoms with E-state index in [1.165, 1.54) is 20.0 Å². The summed E-state index contributed by atoms with van der Waals surface area (Å²) >= 11 is 12.5. The van der Waals surface area contributed by atoms with E-state index in [-0.39, 0.29) is 30.1 Å². The van der Waals surface area contributed by atoms with Gasteiger partial charge in [-0.05, 0) is 61.9 Å². The van der Waals surface area contributed by atoms with E-state index < -0.39 is 5.54 Å². The molecular formula is C23H26Cl2N2O3. The van der Waals surface area contributed by atoms with Crippen LogP contribution in [0.4, 0.5) is 0 Å². The first-order valence-electron chi connectivity index (χ1n) is 10.4. The molecule has 7 heteroatoms. The molecule has 0 aromatic heterocycles. The Kier molecular flexibility index (Phi) is 6.24. The van der Waals surface area contributed by atoms with E-state index in [1.54, 1.807) is 0 Å². The number of fused-ring (bicyclic) bond motifs is 1. The molecule has 0 radical (unpaired) electrons. The average molecular weight is 449 g/mol. The van der Waals surface area contributed by atoms with Crippen LogP contribution in [0.15, 0.2) is 47.1 Å². The lowest BCUT2D eigenvalue weighted by Crippen LogP contribution is -2.59. The first-order valence-corrected chi connectivity index (χ1v) is 11.2. The number of benzene rings is 1. The fourth-order valence-corrected chi connectivity index (χ4v) is 5.13. The van der Waals surface area contributed by atoms with Crippen molar-refractivity contribution in [2.24, 2.45) is 11.8 Å². The van der Waals surface area contributed by atoms with E-state index in [4.69, 9.17) is 27.9 Å². The van der Waals surface area contributed by atoms with E-state index in [9.17, 15) is 9.59 Å². The third kappa shape index (κ3) is 4.16. The van der Waals surface area contributed by atoms with Gasteiger partial charge in [-0.15, -0.1) is 0 Å². The Morgan fingerprint density at radius 3 is 2.87 bits per heavy atom. The zero-order valence-corrected chi connectivity index (χ0v) is 18.4. The quantitative estimate of drug-likeness (QED) is 0.582. The maximum atomic E-state index is 13.6. The van der Waals surface area contributed by atoms with Crippen molar-refractivity contribution in [3.63, 3.8) is 0 Å². The van der Waals surface area contributed by atoms with Crippen molar-refractivity contribution in [1.82, 2.24) is 10.6 Å². The van der Waals surface area contributed by atoms with Gasteiger partial charge in [0.2, 0.25) is 5.91 Å². The summed E-state index contributed by atoms with van der Waals surface area (Å²) < 4.78 is 4.89. The normalized spacial score (nSPS) is 26.4. The van der Waals surface area contributed by atoms with Crippen molar-refractivity contribution in [2.75, 3.05) is 13.7 Å². The molecule has 1 heterocycles. The van der Waals surface area contributed by atoms with Gasteiger partial charge in [-0.3, -0.25) is 9.59 Å². The molecule has 0 bridgehead atoms. The molecule has 1 aromatic carbocycles. The number of allylic oxidation sites excluding steroid dienone is 3. The predicted molar refractivity (Wildman–Crippen MR) is 117 cm³/mol. The number of rotatable bonds is 8. The van der Waals surface area contributed by atoms with Crippen molar-refractivity contribution >= 4 is 35.1 Å². The Labute approximate surface area is 186 Å². The molecule has 2 aliphatic carbocycles. The molecule has 1 saturated carbocycles. The van der Waals surface area contributed by atoms with Crippen LogP contribution < -0.4 is 10.6 Å². The highest BCUT2D eigenvalue weighted by atomic mass is 35.5. The van der Waals surface area contributed by atoms with Crippen LogP contribution in [0.5, 0.6) is 0 Å². The maximum absolute atomic E-state index is 13.6. The summed E-state index contributed by atoms with van der Waals surface area (Å²) in [5, 5.41) is 7.97. The van der Waals surface area contributed by atoms with Crippen LogP contribution in [0.25, 0.3) is 0 Å². The van der Waals surface area contributed by atoms with E-state index >= 15 is 0 Å². The van der Waals surface area contributed by atoms with E-state index in [0.29, 0.717) is 28.8 Å². The number of esters is 1. The molecule has 1 aromatic rings. The van der Waals surface area contributed by atoms with Crippen molar-refractivity contribution < 1.29 is 14.3 Å². The summed E-state index contributed by atoms with van der Waals surface area (Å²) in [6.07, 6.45) is 7.48. The summed E-state index contributed by atoms with van der Waals surface area (Å²) in [4.78, 5) is 25.6. The molecule has 1 aliphatic heterocycles. The van der Waals surface area contributed by atoms with Crippen LogP contribution in [0, 0.1) is 11.8 Å². The van der Waals surface area contributed by atoms with Crippen LogP contribution >= 0.6 is 23.2 Å². The number of hydrogen-bond acceptors (Lipinski definition) is 4. The lowest BCUT2D eigenvalue weighted by molar-refractivity contribution is -0.141. The summed E-state index contributed by atoms with van der Waals surface area (Å²) in [7, 11) is 1.38. The number of carbonyl (C=O) groups is 2. The van der Waals surface area contributed by atoms with Gasteiger partial charge >= 0.3 is 5.97 Å². The minimum atomic E-state index is -0.888. The molecule has 1 saturated heterocycles. The average Bonchev–Trinajstić information content (AvgIpc) is 3.51. The van der Waals surface area contributed by atoms with Gasteiger partial charge in [0.05, 0.1) is 7.11 Å². The highest BCUT2D eigenvalue weighted by Crippen LogP contribution is 2.48. The standard InChI is InChI=1S/C23H26Cl2N2O3/c1-30-21(28)10-9-18(15-3-2-4-16(24)11-15)23(26-13-14-5-6-14)19-8-7-17(25)12-20(19)27-22(23)29/h2-4,7,11-12,14,18-19,26H,5-6,8-10,13H2,1H3,(H,27,29)/t18-,19?,23+/m1/s1. The number of carbonyl (C=O) groups excluding carboxylic acids is 2. The Balaban J connectivity index is 1.77. The lowest BCUT2D eigenvalue weighted by atomic mass is 9.68. The molecule has 1 amide bonds. The molecule has 4 rings (SSSR count). The molecule has 30 heavy (non-hydrogen) atoms. The Bertz CT molecular complexity index is 909. The zero-order valence-electron chi connectivity index (χ0n) is 16.9. The molecule has 2 N–H and O–H groups in total. The van der Waals surface area contributed by atoms with Crippen molar-refractivity contribution in [1.29, 1.82) is 0 Å². The van der Waals surface area contributed by atoms with Crippen molar-refractivity contribution in [3.05, 3.63) is 57.7 Å². The molecule has 160 valence electrons. The van der Waals surface area contributed by atoms with Crippen LogP contribution in [0.2, 0.25) is 5.02 Å². The highest BCUT2D eigenvalue weighted by molar-refractivity contribution is 6.31. The second-order valence-corrected chi connectivity index (χ2v) is 9.22. The minimum Gasteiger partial charge on any atom is -0.469 e. The van der Waals surface area contributed by atoms with Gasteiger partial charge in [-0.1, -0.05) is 41.4 Å². The molecular weight excluding hydrogens is 423 g/mol. The molecule has 2 fully saturated rings. The number of hydrogen-bond donors (Lipinski definition) is 2. The van der Waals surface area contributed by atoms with Gasteiger partial charge in [0.1, 0.15) is 5.54 Å². The van der Waals surface area contributed by atoms with Crippen LogP contribution in [-0.4, -0.2) is 31.1 Å². The molecule has 1 unspecified atom stereocenters. The second kappa shape index (κ2) is 8.74. The third-order valence-corrected chi connectivity index (χ3v) is 6.94. The fourth-order valence-electron chi connectivity index (χ4n) is 4.72. The van der Waals surface area contributed by atoms with Gasteiger partial charge in [0.25, 0.3) is 0 Å². The number of ether oxygens (including phenoxy) is 1. The van der Waals surface area contributed by atoms with E-state index in [0.717, 1.165) is 17.8 Å². The van der Waals surface area contributed by atoms with E-state index in [2.05, 4.69) is 10.6 Å². The van der Waals surface area contributed by atoms with Crippen molar-refractivity contribution in [3.8, 4) is 0 Å². The molecule has 3 aliphatic rings. The topological polar surface area (TPSA) is 67.4 Å². The van der Waals surface area contributed by atoms with Crippen molar-refractivity contribution in [2.45, 2.75) is 43.6 Å². The van der Waals surface area contributed by atoms with Crippen LogP contribution in [-0.2, 0) is 14.3 Å². The third-order valence-electron chi connectivity index (χ3n) is 6.45. The highest BCUT2D eigenvalue weighted by Gasteiger charge is 2.58. The molecule has 0 spiro atoms. The van der Waals surface area contributed by atoms with Gasteiger partial charge < -0.3 is 15.4 Å². The summed E-state index contributed by atoms with van der Waals surface area (Å²) in [6.45, 7) is 0.768. The maximum Gasteiger partial charge on any atom is 0.305 e. The smallest absolute Gasteiger partial charge is 0.305 e. The van der Waals surface area contributed by atoms with Gasteiger partial charge in [0, 0.05) is 34.0 Å². The second-order valence-electron chi connectivity index (χ2n) is 8.35. The van der Waals surface area contributed by atoms with Crippen LogP contribution in [0.3, 0.4) is 0 Å². The largest absolute Gasteiger partial charge is 0.469 e. The Hall–Kier alpha value is -1.82. The zero-order chi connectivity index (χ0) is 21.3. The summed E-state index contributed by atoms with van der Waals surface area (Å²) in [5.41, 5.74) is 0.883. The lowest BCUT2D eigenvalue weighted by Gasteiger charge is -2.41. The number of methoxy groups -OCH3 is 1. The number of halogens is 2. The summed E-state index contributed by atoms with van der Waals surface area (Å²) in [5.74, 6) is -0.122. The number of amides is 1. The van der Waals surface area contributed by atoms with Gasteiger partial charge in [-0.25, -0.2) is 0 Å². The molecule has 5 nitrogen and oxygen atoms in total.